The monoisotopic (exact) mass is 337 g/mol. The van der Waals surface area contributed by atoms with Gasteiger partial charge in [0.1, 0.15) is 11.5 Å². The predicted octanol–water partition coefficient (Wildman–Crippen LogP) is 3.89. The van der Waals surface area contributed by atoms with E-state index >= 15 is 0 Å². The highest BCUT2D eigenvalue weighted by Crippen LogP contribution is 2.61. The average molecular weight is 337 g/mol. The van der Waals surface area contributed by atoms with Gasteiger partial charge < -0.3 is 9.47 Å². The van der Waals surface area contributed by atoms with Crippen LogP contribution in [0.1, 0.15) is 42.9 Å². The topological polar surface area (TPSA) is 21.7 Å². The maximum absolute atomic E-state index is 6.58. The molecule has 0 N–H and O–H groups in total. The van der Waals surface area contributed by atoms with Gasteiger partial charge in [-0.2, -0.15) is 0 Å². The summed E-state index contributed by atoms with van der Waals surface area (Å²) in [5, 5.41) is 0. The average Bonchev–Trinajstić information content (AvgIpc) is 2.97. The van der Waals surface area contributed by atoms with E-state index in [0.717, 1.165) is 30.9 Å². The third-order valence-corrected chi connectivity index (χ3v) is 6.81. The molecule has 1 saturated heterocycles. The largest absolute Gasteiger partial charge is 0.497 e. The minimum Gasteiger partial charge on any atom is -0.497 e. The van der Waals surface area contributed by atoms with Gasteiger partial charge in [-0.25, -0.2) is 0 Å². The first-order chi connectivity index (χ1) is 12.2. The highest BCUT2D eigenvalue weighted by Gasteiger charge is 2.61. The predicted molar refractivity (Wildman–Crippen MR) is 99.0 cm³/mol. The van der Waals surface area contributed by atoms with Gasteiger partial charge in [0, 0.05) is 18.2 Å². The first kappa shape index (κ1) is 15.5. The first-order valence-corrected chi connectivity index (χ1v) is 9.70. The Balaban J connectivity index is 1.71. The number of ether oxygens (including phenoxy) is 2. The molecule has 0 saturated carbocycles. The van der Waals surface area contributed by atoms with Gasteiger partial charge in [0.05, 0.1) is 12.5 Å². The fraction of sp³-hybridized carbons (Fsp3) is 0.545. The summed E-state index contributed by atoms with van der Waals surface area (Å²) in [4.78, 5) is 2.71. The lowest BCUT2D eigenvalue weighted by molar-refractivity contribution is 0.0642. The molecule has 3 nitrogen and oxygen atoms in total. The van der Waals surface area contributed by atoms with E-state index in [4.69, 9.17) is 9.47 Å². The van der Waals surface area contributed by atoms with Crippen LogP contribution in [-0.2, 0) is 16.6 Å². The molecule has 1 fully saturated rings. The summed E-state index contributed by atoms with van der Waals surface area (Å²) in [5.41, 5.74) is 5.78. The highest BCUT2D eigenvalue weighted by molar-refractivity contribution is 5.65. The van der Waals surface area contributed by atoms with E-state index in [0.29, 0.717) is 6.04 Å². The lowest BCUT2D eigenvalue weighted by Crippen LogP contribution is -2.59. The number of hydrogen-bond donors (Lipinski definition) is 0. The van der Waals surface area contributed by atoms with Crippen LogP contribution < -0.4 is 4.74 Å². The Kier molecular flexibility index (Phi) is 3.34. The van der Waals surface area contributed by atoms with Crippen LogP contribution in [0.4, 0.5) is 0 Å². The zero-order valence-electron chi connectivity index (χ0n) is 15.5. The van der Waals surface area contributed by atoms with Crippen molar-refractivity contribution >= 4 is 0 Å². The van der Waals surface area contributed by atoms with Crippen LogP contribution in [0.15, 0.2) is 35.6 Å². The minimum absolute atomic E-state index is 0.00239. The van der Waals surface area contributed by atoms with Crippen molar-refractivity contribution in [3.8, 4) is 5.75 Å². The van der Waals surface area contributed by atoms with E-state index in [9.17, 15) is 0 Å². The molecule has 0 amide bonds. The zero-order valence-corrected chi connectivity index (χ0v) is 15.5. The highest BCUT2D eigenvalue weighted by atomic mass is 16.5. The van der Waals surface area contributed by atoms with Gasteiger partial charge in [-0.15, -0.1) is 0 Å². The number of nitrogens with zero attached hydrogens (tertiary/aromatic N) is 1. The van der Waals surface area contributed by atoms with E-state index < -0.39 is 0 Å². The number of unbranched alkanes of at least 4 members (excludes halogenated alkanes) is 1. The third kappa shape index (κ3) is 1.85. The number of allylic oxidation sites excluding steroid dienone is 2. The number of benzene rings is 1. The standard InChI is InChI=1S/C22H27NO2/c1-4-5-11-23-12-10-22-16-8-9-18(24-3)21(22)25-20-14(2)6-7-15(19(20)22)13-17(16)23/h6-9,17,21H,4-5,10-13H2,1-3H3/t17-,21+,22+/m1/s1. The molecule has 1 spiro atoms. The SMILES string of the molecule is CCCCN1CC[C@@]23C4=CC=C(OC)[C@@H]2Oc2c(C)ccc(c23)C[C@H]41. The number of likely N-dealkylation sites (tertiary alicyclic amines) is 1. The lowest BCUT2D eigenvalue weighted by atomic mass is 9.57. The van der Waals surface area contributed by atoms with Gasteiger partial charge in [0.2, 0.25) is 0 Å². The van der Waals surface area contributed by atoms with Crippen LogP contribution >= 0.6 is 0 Å². The molecule has 0 aromatic heterocycles. The Labute approximate surface area is 150 Å². The van der Waals surface area contributed by atoms with Gasteiger partial charge in [0.15, 0.2) is 6.10 Å². The van der Waals surface area contributed by atoms with Crippen molar-refractivity contribution in [1.82, 2.24) is 4.90 Å². The molecule has 1 aromatic carbocycles. The summed E-state index contributed by atoms with van der Waals surface area (Å²) in [6.45, 7) is 6.82. The van der Waals surface area contributed by atoms with Gasteiger partial charge >= 0.3 is 0 Å². The van der Waals surface area contributed by atoms with Crippen LogP contribution in [0.25, 0.3) is 0 Å². The van der Waals surface area contributed by atoms with Crippen molar-refractivity contribution in [3.05, 3.63) is 52.3 Å². The van der Waals surface area contributed by atoms with Crippen LogP contribution in [0, 0.1) is 6.92 Å². The molecule has 25 heavy (non-hydrogen) atoms. The molecule has 132 valence electrons. The molecule has 2 heterocycles. The molecule has 2 aliphatic carbocycles. The van der Waals surface area contributed by atoms with Crippen molar-refractivity contribution in [2.45, 2.75) is 57.1 Å². The number of piperidine rings is 1. The second kappa shape index (κ2) is 5.38. The Morgan fingerprint density at radius 3 is 3.00 bits per heavy atom. The van der Waals surface area contributed by atoms with Crippen molar-refractivity contribution in [1.29, 1.82) is 0 Å². The van der Waals surface area contributed by atoms with E-state index in [1.165, 1.54) is 36.1 Å². The van der Waals surface area contributed by atoms with Crippen LogP contribution in [0.5, 0.6) is 5.75 Å². The van der Waals surface area contributed by atoms with Crippen molar-refractivity contribution in [2.24, 2.45) is 0 Å². The molecule has 0 radical (unpaired) electrons. The minimum atomic E-state index is 0.00239. The molecular formula is C22H27NO2. The molecule has 0 unspecified atom stereocenters. The lowest BCUT2D eigenvalue weighted by Gasteiger charge is -2.53. The zero-order chi connectivity index (χ0) is 17.2. The number of aryl methyl sites for hydroxylation is 1. The van der Waals surface area contributed by atoms with Gasteiger partial charge in [-0.3, -0.25) is 4.90 Å². The number of hydrogen-bond acceptors (Lipinski definition) is 3. The maximum atomic E-state index is 6.58. The normalized spacial score (nSPS) is 31.8. The smallest absolute Gasteiger partial charge is 0.169 e. The van der Waals surface area contributed by atoms with Crippen LogP contribution in [0.3, 0.4) is 0 Å². The van der Waals surface area contributed by atoms with Crippen molar-refractivity contribution < 1.29 is 9.47 Å². The van der Waals surface area contributed by atoms with Crippen molar-refractivity contribution in [3.63, 3.8) is 0 Å². The number of rotatable bonds is 4. The third-order valence-electron chi connectivity index (χ3n) is 6.81. The summed E-state index contributed by atoms with van der Waals surface area (Å²) < 4.78 is 12.3. The van der Waals surface area contributed by atoms with Gasteiger partial charge in [-0.05, 0) is 55.5 Å². The fourth-order valence-electron chi connectivity index (χ4n) is 5.63. The summed E-state index contributed by atoms with van der Waals surface area (Å²) in [6, 6.07) is 5.10. The fourth-order valence-corrected chi connectivity index (χ4v) is 5.63. The quantitative estimate of drug-likeness (QED) is 0.832. The Hall–Kier alpha value is -1.74. The van der Waals surface area contributed by atoms with Gasteiger partial charge in [-0.1, -0.05) is 31.6 Å². The molecule has 2 bridgehead atoms. The van der Waals surface area contributed by atoms with E-state index in [2.05, 4.69) is 43.0 Å². The molecule has 5 rings (SSSR count). The van der Waals surface area contributed by atoms with E-state index in [1.54, 1.807) is 12.7 Å². The molecule has 1 aromatic rings. The van der Waals surface area contributed by atoms with E-state index in [-0.39, 0.29) is 11.5 Å². The molecule has 2 aliphatic heterocycles. The Morgan fingerprint density at radius 2 is 2.20 bits per heavy atom. The Morgan fingerprint density at radius 1 is 1.32 bits per heavy atom. The molecule has 3 atom stereocenters. The Bertz CT molecular complexity index is 793. The number of methoxy groups -OCH3 is 1. The molecular weight excluding hydrogens is 310 g/mol. The van der Waals surface area contributed by atoms with Gasteiger partial charge in [0.25, 0.3) is 0 Å². The summed E-state index contributed by atoms with van der Waals surface area (Å²) in [6.07, 6.45) is 9.31. The van der Waals surface area contributed by atoms with Crippen LogP contribution in [-0.4, -0.2) is 37.2 Å². The van der Waals surface area contributed by atoms with Crippen LogP contribution in [0.2, 0.25) is 0 Å². The van der Waals surface area contributed by atoms with Crippen molar-refractivity contribution in [2.75, 3.05) is 20.2 Å². The maximum Gasteiger partial charge on any atom is 0.169 e. The van der Waals surface area contributed by atoms with E-state index in [1.807, 2.05) is 0 Å². The molecule has 4 aliphatic rings. The first-order valence-electron chi connectivity index (χ1n) is 9.70. The molecule has 3 heteroatoms. The summed E-state index contributed by atoms with van der Waals surface area (Å²) >= 11 is 0. The second-order valence-electron chi connectivity index (χ2n) is 7.97. The second-order valence-corrected chi connectivity index (χ2v) is 7.97. The summed E-state index contributed by atoms with van der Waals surface area (Å²) in [7, 11) is 1.78. The summed E-state index contributed by atoms with van der Waals surface area (Å²) in [5.74, 6) is 2.10.